The third-order valence-corrected chi connectivity index (χ3v) is 3.60. The number of imidazole rings is 1. The molecule has 5 N–H and O–H groups in total. The topological polar surface area (TPSA) is 101 Å². The minimum atomic E-state index is -0.208. The van der Waals surface area contributed by atoms with Gasteiger partial charge in [-0.25, -0.2) is 4.98 Å². The largest absolute Gasteiger partial charge is 0.399 e. The molecule has 0 radical (unpaired) electrons. The molecule has 1 aromatic heterocycles. The van der Waals surface area contributed by atoms with Crippen LogP contribution in [0.1, 0.15) is 12.2 Å². The Morgan fingerprint density at radius 1 is 1.53 bits per heavy atom. The van der Waals surface area contributed by atoms with Gasteiger partial charge in [-0.1, -0.05) is 0 Å². The Hall–Kier alpha value is -2.08. The smallest absolute Gasteiger partial charge is 0.221 e. The molecule has 6 nitrogen and oxygen atoms in total. The van der Waals surface area contributed by atoms with Crippen molar-refractivity contribution >= 4 is 22.6 Å². The fraction of sp³-hybridized carbons (Fsp3) is 0.385. The number of nitrogens with two attached hydrogens (primary N) is 2. The minimum Gasteiger partial charge on any atom is -0.399 e. The van der Waals surface area contributed by atoms with Crippen LogP contribution in [0.25, 0.3) is 11.0 Å². The lowest BCUT2D eigenvalue weighted by molar-refractivity contribution is -0.121. The maximum atomic E-state index is 11.1. The second-order valence-corrected chi connectivity index (χ2v) is 5.08. The summed E-state index contributed by atoms with van der Waals surface area (Å²) < 4.78 is 0. The number of carbonyl (C=O) groups excluding carboxylic acids is 1. The lowest BCUT2D eigenvalue weighted by Gasteiger charge is -2.12. The van der Waals surface area contributed by atoms with Gasteiger partial charge in [0.15, 0.2) is 0 Å². The molecule has 2 aromatic rings. The zero-order valence-corrected chi connectivity index (χ0v) is 10.6. The van der Waals surface area contributed by atoms with Gasteiger partial charge in [-0.3, -0.25) is 9.69 Å². The van der Waals surface area contributed by atoms with Gasteiger partial charge in [0.2, 0.25) is 5.91 Å². The van der Waals surface area contributed by atoms with E-state index in [1.165, 1.54) is 0 Å². The zero-order chi connectivity index (χ0) is 13.4. The maximum absolute atomic E-state index is 11.1. The summed E-state index contributed by atoms with van der Waals surface area (Å²) in [4.78, 5) is 21.1. The normalized spacial score (nSPS) is 20.1. The van der Waals surface area contributed by atoms with Crippen LogP contribution in [0.2, 0.25) is 0 Å². The number of nitrogens with one attached hydrogen (secondary N) is 1. The van der Waals surface area contributed by atoms with Gasteiger partial charge >= 0.3 is 0 Å². The monoisotopic (exact) mass is 259 g/mol. The number of primary amides is 1. The molecule has 2 heterocycles. The number of benzene rings is 1. The average molecular weight is 259 g/mol. The first-order valence-corrected chi connectivity index (χ1v) is 6.37. The van der Waals surface area contributed by atoms with Gasteiger partial charge in [0, 0.05) is 12.2 Å². The van der Waals surface area contributed by atoms with Crippen LogP contribution in [0.15, 0.2) is 18.2 Å². The third-order valence-electron chi connectivity index (χ3n) is 3.60. The molecule has 0 bridgehead atoms. The molecular formula is C13H17N5O. The molecule has 100 valence electrons. The molecule has 0 spiro atoms. The number of amides is 1. The quantitative estimate of drug-likeness (QED) is 0.697. The molecule has 3 rings (SSSR count). The van der Waals surface area contributed by atoms with E-state index in [1.54, 1.807) is 0 Å². The summed E-state index contributed by atoms with van der Waals surface area (Å²) >= 11 is 0. The van der Waals surface area contributed by atoms with Crippen LogP contribution in [0.5, 0.6) is 0 Å². The summed E-state index contributed by atoms with van der Waals surface area (Å²) in [5.41, 5.74) is 13.6. The van der Waals surface area contributed by atoms with Gasteiger partial charge in [-0.2, -0.15) is 0 Å². The first-order valence-electron chi connectivity index (χ1n) is 6.37. The third kappa shape index (κ3) is 2.39. The van der Waals surface area contributed by atoms with E-state index in [-0.39, 0.29) is 11.8 Å². The van der Waals surface area contributed by atoms with Crippen molar-refractivity contribution in [3.8, 4) is 0 Å². The second-order valence-electron chi connectivity index (χ2n) is 5.08. The number of hydrogen-bond acceptors (Lipinski definition) is 4. The Morgan fingerprint density at radius 2 is 2.37 bits per heavy atom. The lowest BCUT2D eigenvalue weighted by Crippen LogP contribution is -2.27. The molecule has 19 heavy (non-hydrogen) atoms. The molecule has 1 fully saturated rings. The van der Waals surface area contributed by atoms with Crippen molar-refractivity contribution in [2.75, 3.05) is 18.8 Å². The van der Waals surface area contributed by atoms with Crippen molar-refractivity contribution in [1.82, 2.24) is 14.9 Å². The first-order chi connectivity index (χ1) is 9.11. The SMILES string of the molecule is NC(=O)C1CCN(Cc2nc3ccc(N)cc3[nH]2)C1. The number of rotatable bonds is 3. The zero-order valence-electron chi connectivity index (χ0n) is 10.6. The van der Waals surface area contributed by atoms with Crippen molar-refractivity contribution in [1.29, 1.82) is 0 Å². The predicted molar refractivity (Wildman–Crippen MR) is 73.1 cm³/mol. The van der Waals surface area contributed by atoms with E-state index >= 15 is 0 Å². The Morgan fingerprint density at radius 3 is 3.11 bits per heavy atom. The van der Waals surface area contributed by atoms with E-state index in [0.29, 0.717) is 13.1 Å². The number of nitrogen functional groups attached to an aromatic ring is 1. The Bertz CT molecular complexity index is 621. The van der Waals surface area contributed by atoms with Crippen molar-refractivity contribution < 1.29 is 4.79 Å². The van der Waals surface area contributed by atoms with E-state index in [0.717, 1.165) is 35.5 Å². The second kappa shape index (κ2) is 4.55. The number of nitrogens with zero attached hydrogens (tertiary/aromatic N) is 2. The molecule has 1 saturated heterocycles. The summed E-state index contributed by atoms with van der Waals surface area (Å²) in [7, 11) is 0. The number of likely N-dealkylation sites (tertiary alicyclic amines) is 1. The van der Waals surface area contributed by atoms with Crippen LogP contribution in [0.4, 0.5) is 5.69 Å². The Labute approximate surface area is 110 Å². The van der Waals surface area contributed by atoms with E-state index in [1.807, 2.05) is 18.2 Å². The van der Waals surface area contributed by atoms with Gasteiger partial charge in [0.25, 0.3) is 0 Å². The summed E-state index contributed by atoms with van der Waals surface area (Å²) in [5, 5.41) is 0. The number of hydrogen-bond donors (Lipinski definition) is 3. The molecule has 1 aliphatic heterocycles. The fourth-order valence-electron chi connectivity index (χ4n) is 2.58. The van der Waals surface area contributed by atoms with Crippen LogP contribution in [0.3, 0.4) is 0 Å². The number of aromatic amines is 1. The van der Waals surface area contributed by atoms with Gasteiger partial charge in [0.1, 0.15) is 5.82 Å². The number of anilines is 1. The van der Waals surface area contributed by atoms with Gasteiger partial charge in [0.05, 0.1) is 23.5 Å². The standard InChI is InChI=1S/C13H17N5O/c14-9-1-2-10-11(5-9)17-12(16-10)7-18-4-3-8(6-18)13(15)19/h1-2,5,8H,3-4,6-7,14H2,(H2,15,19)(H,16,17). The molecule has 6 heteroatoms. The van der Waals surface area contributed by atoms with Crippen molar-refractivity contribution in [3.63, 3.8) is 0 Å². The van der Waals surface area contributed by atoms with Crippen molar-refractivity contribution in [3.05, 3.63) is 24.0 Å². The molecule has 1 unspecified atom stereocenters. The molecule has 0 aliphatic carbocycles. The lowest BCUT2D eigenvalue weighted by atomic mass is 10.1. The first kappa shape index (κ1) is 12.0. The Kier molecular flexibility index (Phi) is 2.87. The summed E-state index contributed by atoms with van der Waals surface area (Å²) in [5.74, 6) is 0.658. The molecule has 1 aromatic carbocycles. The highest BCUT2D eigenvalue weighted by Gasteiger charge is 2.26. The summed E-state index contributed by atoms with van der Waals surface area (Å²) in [6.07, 6.45) is 0.836. The van der Waals surface area contributed by atoms with E-state index < -0.39 is 0 Å². The van der Waals surface area contributed by atoms with E-state index in [9.17, 15) is 4.79 Å². The number of fused-ring (bicyclic) bond motifs is 1. The van der Waals surface area contributed by atoms with Crippen LogP contribution >= 0.6 is 0 Å². The molecule has 1 atom stereocenters. The number of H-pyrrole nitrogens is 1. The van der Waals surface area contributed by atoms with Crippen LogP contribution < -0.4 is 11.5 Å². The fourth-order valence-corrected chi connectivity index (χ4v) is 2.58. The van der Waals surface area contributed by atoms with Gasteiger partial charge in [-0.15, -0.1) is 0 Å². The number of aromatic nitrogens is 2. The average Bonchev–Trinajstić information content (AvgIpc) is 2.95. The van der Waals surface area contributed by atoms with Gasteiger partial charge in [-0.05, 0) is 31.2 Å². The Balaban J connectivity index is 1.73. The highest BCUT2D eigenvalue weighted by Crippen LogP contribution is 2.19. The summed E-state index contributed by atoms with van der Waals surface area (Å²) in [6.45, 7) is 2.31. The highest BCUT2D eigenvalue weighted by atomic mass is 16.1. The molecule has 0 saturated carbocycles. The van der Waals surface area contributed by atoms with Crippen molar-refractivity contribution in [2.45, 2.75) is 13.0 Å². The van der Waals surface area contributed by atoms with Crippen molar-refractivity contribution in [2.24, 2.45) is 11.7 Å². The van der Waals surface area contributed by atoms with Crippen LogP contribution in [0, 0.1) is 5.92 Å². The maximum Gasteiger partial charge on any atom is 0.221 e. The van der Waals surface area contributed by atoms with E-state index in [2.05, 4.69) is 14.9 Å². The van der Waals surface area contributed by atoms with Crippen LogP contribution in [-0.4, -0.2) is 33.9 Å². The molecule has 1 amide bonds. The molecular weight excluding hydrogens is 242 g/mol. The predicted octanol–water partition coefficient (Wildman–Crippen LogP) is 0.452. The minimum absolute atomic E-state index is 0.0278. The summed E-state index contributed by atoms with van der Waals surface area (Å²) in [6, 6.07) is 5.62. The number of carbonyl (C=O) groups is 1. The van der Waals surface area contributed by atoms with E-state index in [4.69, 9.17) is 11.5 Å². The van der Waals surface area contributed by atoms with Crippen LogP contribution in [-0.2, 0) is 11.3 Å². The van der Waals surface area contributed by atoms with Gasteiger partial charge < -0.3 is 16.5 Å². The highest BCUT2D eigenvalue weighted by molar-refractivity contribution is 5.78. The molecule has 1 aliphatic rings.